The van der Waals surface area contributed by atoms with Crippen molar-refractivity contribution in [2.75, 3.05) is 22.6 Å². The van der Waals surface area contributed by atoms with Crippen LogP contribution in [0.5, 0.6) is 0 Å². The van der Waals surface area contributed by atoms with Crippen LogP contribution < -0.4 is 15.5 Å². The summed E-state index contributed by atoms with van der Waals surface area (Å²) >= 11 is 0. The van der Waals surface area contributed by atoms with Gasteiger partial charge in [0.25, 0.3) is 0 Å². The molecule has 0 aliphatic heterocycles. The number of amides is 2. The molecule has 2 aromatic carbocycles. The zero-order valence-electron chi connectivity index (χ0n) is 14.4. The molecule has 6 heteroatoms. The molecule has 2 amide bonds. The summed E-state index contributed by atoms with van der Waals surface area (Å²) in [6, 6.07) is 15.6. The Balaban J connectivity index is 2.01. The molecule has 128 valence electrons. The second-order valence-electron chi connectivity index (χ2n) is 5.64. The molecule has 25 heavy (non-hydrogen) atoms. The molecule has 2 rings (SSSR count). The standard InChI is InChI=1S/C19H20N4O2/c1-13(19(25)22-18-7-5-4-6-15(18)12-20)21-16-8-10-17(11-9-16)23(3)14(2)24/h4-11,13,21H,1-3H3,(H,22,25). The summed E-state index contributed by atoms with van der Waals surface area (Å²) in [6.07, 6.45) is 0. The Bertz CT molecular complexity index is 809. The van der Waals surface area contributed by atoms with Crippen LogP contribution in [-0.4, -0.2) is 24.9 Å². The van der Waals surface area contributed by atoms with E-state index in [2.05, 4.69) is 10.6 Å². The van der Waals surface area contributed by atoms with Gasteiger partial charge in [-0.05, 0) is 43.3 Å². The molecule has 6 nitrogen and oxygen atoms in total. The van der Waals surface area contributed by atoms with E-state index in [0.717, 1.165) is 11.4 Å². The number of nitrogens with one attached hydrogen (secondary N) is 2. The lowest BCUT2D eigenvalue weighted by Crippen LogP contribution is -2.32. The summed E-state index contributed by atoms with van der Waals surface area (Å²) in [5.41, 5.74) is 2.44. The quantitative estimate of drug-likeness (QED) is 0.879. The molecular formula is C19H20N4O2. The third kappa shape index (κ3) is 4.58. The number of hydrogen-bond donors (Lipinski definition) is 2. The lowest BCUT2D eigenvalue weighted by atomic mass is 10.2. The highest BCUT2D eigenvalue weighted by molar-refractivity contribution is 5.97. The van der Waals surface area contributed by atoms with E-state index in [1.807, 2.05) is 18.2 Å². The molecule has 2 N–H and O–H groups in total. The Hall–Kier alpha value is -3.33. The van der Waals surface area contributed by atoms with Crippen LogP contribution in [0, 0.1) is 11.3 Å². The number of carbonyl (C=O) groups is 2. The van der Waals surface area contributed by atoms with E-state index in [4.69, 9.17) is 5.26 Å². The first-order valence-electron chi connectivity index (χ1n) is 7.83. The van der Waals surface area contributed by atoms with Crippen LogP contribution in [0.1, 0.15) is 19.4 Å². The molecule has 0 aromatic heterocycles. The monoisotopic (exact) mass is 336 g/mol. The zero-order valence-corrected chi connectivity index (χ0v) is 14.4. The summed E-state index contributed by atoms with van der Waals surface area (Å²) in [5.74, 6) is -0.294. The summed E-state index contributed by atoms with van der Waals surface area (Å²) in [4.78, 5) is 25.2. The average Bonchev–Trinajstić information content (AvgIpc) is 2.62. The Morgan fingerprint density at radius 2 is 1.76 bits per heavy atom. The third-order valence-electron chi connectivity index (χ3n) is 3.81. The molecule has 0 bridgehead atoms. The Kier molecular flexibility index (Phi) is 5.75. The minimum absolute atomic E-state index is 0.0513. The molecule has 0 aliphatic carbocycles. The van der Waals surface area contributed by atoms with Crippen LogP contribution in [-0.2, 0) is 9.59 Å². The maximum Gasteiger partial charge on any atom is 0.246 e. The predicted octanol–water partition coefficient (Wildman–Crippen LogP) is 2.98. The van der Waals surface area contributed by atoms with Gasteiger partial charge in [0.2, 0.25) is 11.8 Å². The SMILES string of the molecule is CC(=O)N(C)c1ccc(NC(C)C(=O)Nc2ccccc2C#N)cc1. The first-order chi connectivity index (χ1) is 11.9. The summed E-state index contributed by atoms with van der Waals surface area (Å²) in [7, 11) is 1.70. The summed E-state index contributed by atoms with van der Waals surface area (Å²) in [6.45, 7) is 3.23. The minimum Gasteiger partial charge on any atom is -0.374 e. The van der Waals surface area contributed by atoms with Crippen molar-refractivity contribution in [3.05, 3.63) is 54.1 Å². The van der Waals surface area contributed by atoms with Gasteiger partial charge in [-0.1, -0.05) is 12.1 Å². The van der Waals surface area contributed by atoms with E-state index < -0.39 is 6.04 Å². The smallest absolute Gasteiger partial charge is 0.246 e. The van der Waals surface area contributed by atoms with E-state index in [-0.39, 0.29) is 11.8 Å². The highest BCUT2D eigenvalue weighted by atomic mass is 16.2. The van der Waals surface area contributed by atoms with Gasteiger partial charge in [-0.15, -0.1) is 0 Å². The van der Waals surface area contributed by atoms with Crippen LogP contribution >= 0.6 is 0 Å². The molecule has 1 unspecified atom stereocenters. The molecule has 0 aliphatic rings. The molecule has 0 heterocycles. The van der Waals surface area contributed by atoms with Crippen LogP contribution in [0.4, 0.5) is 17.1 Å². The maximum atomic E-state index is 12.3. The number of carbonyl (C=O) groups excluding carboxylic acids is 2. The highest BCUT2D eigenvalue weighted by Crippen LogP contribution is 2.18. The van der Waals surface area contributed by atoms with Crippen molar-refractivity contribution >= 4 is 28.9 Å². The molecule has 0 fully saturated rings. The van der Waals surface area contributed by atoms with Gasteiger partial charge in [0.15, 0.2) is 0 Å². The molecule has 0 spiro atoms. The summed E-state index contributed by atoms with van der Waals surface area (Å²) in [5, 5.41) is 14.9. The Morgan fingerprint density at radius 3 is 2.36 bits per heavy atom. The fourth-order valence-electron chi connectivity index (χ4n) is 2.21. The third-order valence-corrected chi connectivity index (χ3v) is 3.81. The van der Waals surface area contributed by atoms with Crippen molar-refractivity contribution < 1.29 is 9.59 Å². The first kappa shape index (κ1) is 18.0. The zero-order chi connectivity index (χ0) is 18.4. The van der Waals surface area contributed by atoms with Crippen LogP contribution in [0.15, 0.2) is 48.5 Å². The van der Waals surface area contributed by atoms with Crippen LogP contribution in [0.25, 0.3) is 0 Å². The van der Waals surface area contributed by atoms with Gasteiger partial charge in [0.05, 0.1) is 11.3 Å². The molecule has 1 atom stereocenters. The molecule has 0 radical (unpaired) electrons. The number of hydrogen-bond acceptors (Lipinski definition) is 4. The molecule has 0 saturated carbocycles. The first-order valence-corrected chi connectivity index (χ1v) is 7.83. The average molecular weight is 336 g/mol. The van der Waals surface area contributed by atoms with Crippen LogP contribution in [0.2, 0.25) is 0 Å². The molecule has 2 aromatic rings. The molecular weight excluding hydrogens is 316 g/mol. The topological polar surface area (TPSA) is 85.2 Å². The van der Waals surface area contributed by atoms with E-state index >= 15 is 0 Å². The number of nitrogens with zero attached hydrogens (tertiary/aromatic N) is 2. The van der Waals surface area contributed by atoms with Gasteiger partial charge in [-0.25, -0.2) is 0 Å². The fraction of sp³-hybridized carbons (Fsp3) is 0.211. The predicted molar refractivity (Wildman–Crippen MR) is 98.4 cm³/mol. The van der Waals surface area contributed by atoms with E-state index in [0.29, 0.717) is 11.3 Å². The van der Waals surface area contributed by atoms with Crippen molar-refractivity contribution in [1.29, 1.82) is 5.26 Å². The van der Waals surface area contributed by atoms with Crippen molar-refractivity contribution in [3.63, 3.8) is 0 Å². The maximum absolute atomic E-state index is 12.3. The van der Waals surface area contributed by atoms with Gasteiger partial charge in [-0.2, -0.15) is 5.26 Å². The van der Waals surface area contributed by atoms with Gasteiger partial charge in [0, 0.05) is 25.3 Å². The summed E-state index contributed by atoms with van der Waals surface area (Å²) < 4.78 is 0. The van der Waals surface area contributed by atoms with E-state index in [1.54, 1.807) is 55.3 Å². The minimum atomic E-state index is -0.497. The van der Waals surface area contributed by atoms with E-state index in [9.17, 15) is 9.59 Å². The second-order valence-corrected chi connectivity index (χ2v) is 5.64. The molecule has 0 saturated heterocycles. The lowest BCUT2D eigenvalue weighted by molar-refractivity contribution is -0.117. The van der Waals surface area contributed by atoms with Gasteiger partial charge >= 0.3 is 0 Å². The lowest BCUT2D eigenvalue weighted by Gasteiger charge is -2.18. The Morgan fingerprint density at radius 1 is 1.12 bits per heavy atom. The number of rotatable bonds is 5. The van der Waals surface area contributed by atoms with Gasteiger partial charge in [0.1, 0.15) is 12.1 Å². The Labute approximate surface area is 147 Å². The van der Waals surface area contributed by atoms with Crippen LogP contribution in [0.3, 0.4) is 0 Å². The second kappa shape index (κ2) is 7.97. The normalized spacial score (nSPS) is 11.1. The van der Waals surface area contributed by atoms with E-state index in [1.165, 1.54) is 6.92 Å². The van der Waals surface area contributed by atoms with Gasteiger partial charge in [-0.3, -0.25) is 9.59 Å². The van der Waals surface area contributed by atoms with Gasteiger partial charge < -0.3 is 15.5 Å². The number of anilines is 3. The van der Waals surface area contributed by atoms with Crippen molar-refractivity contribution in [3.8, 4) is 6.07 Å². The van der Waals surface area contributed by atoms with Crippen molar-refractivity contribution in [1.82, 2.24) is 0 Å². The van der Waals surface area contributed by atoms with Crippen molar-refractivity contribution in [2.24, 2.45) is 0 Å². The number of nitriles is 1. The van der Waals surface area contributed by atoms with Crippen molar-refractivity contribution in [2.45, 2.75) is 19.9 Å². The number of benzene rings is 2. The number of para-hydroxylation sites is 1. The fourth-order valence-corrected chi connectivity index (χ4v) is 2.21. The highest BCUT2D eigenvalue weighted by Gasteiger charge is 2.14. The largest absolute Gasteiger partial charge is 0.374 e.